The summed E-state index contributed by atoms with van der Waals surface area (Å²) in [5.74, 6) is -0.985. The summed E-state index contributed by atoms with van der Waals surface area (Å²) in [6.07, 6.45) is 0. The van der Waals surface area contributed by atoms with Crippen molar-refractivity contribution in [2.45, 2.75) is 6.92 Å². The van der Waals surface area contributed by atoms with E-state index in [-0.39, 0.29) is 10.0 Å². The number of halogens is 2. The number of nitrogens with zero attached hydrogens (tertiary/aromatic N) is 1. The number of benzene rings is 2. The third-order valence-electron chi connectivity index (χ3n) is 2.83. The highest BCUT2D eigenvalue weighted by Crippen LogP contribution is 2.23. The van der Waals surface area contributed by atoms with Gasteiger partial charge in [-0.1, -0.05) is 18.2 Å². The van der Waals surface area contributed by atoms with Crippen molar-refractivity contribution in [2.75, 3.05) is 5.32 Å². The van der Waals surface area contributed by atoms with Gasteiger partial charge < -0.3 is 5.32 Å². The maximum Gasteiger partial charge on any atom is 0.256 e. The normalized spacial score (nSPS) is 9.90. The van der Waals surface area contributed by atoms with Crippen LogP contribution in [-0.4, -0.2) is 5.91 Å². The number of hydrogen-bond donors (Lipinski definition) is 1. The van der Waals surface area contributed by atoms with Crippen molar-refractivity contribution in [3.8, 4) is 6.07 Å². The molecule has 1 amide bonds. The molecule has 0 heterocycles. The summed E-state index contributed by atoms with van der Waals surface area (Å²) >= 11 is 3.04. The number of amides is 1. The van der Waals surface area contributed by atoms with Crippen LogP contribution in [0.2, 0.25) is 0 Å². The molecule has 0 aliphatic rings. The summed E-state index contributed by atoms with van der Waals surface area (Å²) in [5.41, 5.74) is 1.75. The Bertz CT molecular complexity index is 722. The van der Waals surface area contributed by atoms with Gasteiger partial charge in [-0.15, -0.1) is 0 Å². The second kappa shape index (κ2) is 5.85. The second-order valence-electron chi connectivity index (χ2n) is 4.16. The van der Waals surface area contributed by atoms with Crippen LogP contribution in [-0.2, 0) is 0 Å². The Morgan fingerprint density at radius 2 is 2.00 bits per heavy atom. The quantitative estimate of drug-likeness (QED) is 0.902. The van der Waals surface area contributed by atoms with Crippen molar-refractivity contribution in [1.82, 2.24) is 0 Å². The van der Waals surface area contributed by atoms with E-state index < -0.39 is 11.7 Å². The third-order valence-corrected chi connectivity index (χ3v) is 3.63. The van der Waals surface area contributed by atoms with Crippen LogP contribution in [0.3, 0.4) is 0 Å². The first kappa shape index (κ1) is 14.2. The van der Waals surface area contributed by atoms with Crippen molar-refractivity contribution in [3.05, 3.63) is 63.4 Å². The fourth-order valence-corrected chi connectivity index (χ4v) is 2.23. The molecular weight excluding hydrogens is 323 g/mol. The number of hydrogen-bond acceptors (Lipinski definition) is 2. The molecule has 0 atom stereocenters. The molecular formula is C15H10BrFN2O. The molecule has 0 aliphatic carbocycles. The summed E-state index contributed by atoms with van der Waals surface area (Å²) in [4.78, 5) is 12.1. The lowest BCUT2D eigenvalue weighted by Gasteiger charge is -2.10. The van der Waals surface area contributed by atoms with E-state index >= 15 is 0 Å². The smallest absolute Gasteiger partial charge is 0.256 e. The standard InChI is InChI=1S/C15H10BrFN2O/c1-9-4-2-7-13(11(9)8-18)19-15(20)10-5-3-6-12(17)14(10)16/h2-7H,1H3,(H,19,20). The zero-order valence-electron chi connectivity index (χ0n) is 10.6. The van der Waals surface area contributed by atoms with Gasteiger partial charge in [-0.25, -0.2) is 4.39 Å². The molecule has 2 aromatic carbocycles. The van der Waals surface area contributed by atoms with Crippen LogP contribution in [0.15, 0.2) is 40.9 Å². The topological polar surface area (TPSA) is 52.9 Å². The summed E-state index contributed by atoms with van der Waals surface area (Å²) in [7, 11) is 0. The Hall–Kier alpha value is -2.19. The fraction of sp³-hybridized carbons (Fsp3) is 0.0667. The van der Waals surface area contributed by atoms with Gasteiger partial charge in [-0.2, -0.15) is 5.26 Å². The second-order valence-corrected chi connectivity index (χ2v) is 4.96. The molecule has 100 valence electrons. The average Bonchev–Trinajstić information content (AvgIpc) is 2.42. The first-order valence-electron chi connectivity index (χ1n) is 5.79. The van der Waals surface area contributed by atoms with E-state index in [4.69, 9.17) is 5.26 Å². The number of anilines is 1. The molecule has 0 aromatic heterocycles. The van der Waals surface area contributed by atoms with Crippen molar-refractivity contribution in [2.24, 2.45) is 0 Å². The molecule has 0 saturated carbocycles. The van der Waals surface area contributed by atoms with Crippen LogP contribution in [0, 0.1) is 24.1 Å². The largest absolute Gasteiger partial charge is 0.321 e. The van der Waals surface area contributed by atoms with E-state index in [2.05, 4.69) is 21.2 Å². The van der Waals surface area contributed by atoms with E-state index in [1.54, 1.807) is 25.1 Å². The van der Waals surface area contributed by atoms with Gasteiger partial charge in [0.15, 0.2) is 0 Å². The van der Waals surface area contributed by atoms with Gasteiger partial charge in [-0.3, -0.25) is 4.79 Å². The Labute approximate surface area is 124 Å². The fourth-order valence-electron chi connectivity index (χ4n) is 1.79. The number of nitriles is 1. The van der Waals surface area contributed by atoms with Crippen LogP contribution in [0.25, 0.3) is 0 Å². The Morgan fingerprint density at radius 3 is 2.70 bits per heavy atom. The Balaban J connectivity index is 2.36. The Kier molecular flexibility index (Phi) is 4.16. The minimum absolute atomic E-state index is 0.101. The molecule has 2 rings (SSSR count). The van der Waals surface area contributed by atoms with Gasteiger partial charge in [0.2, 0.25) is 0 Å². The molecule has 0 unspecified atom stereocenters. The third kappa shape index (κ3) is 2.70. The number of carbonyl (C=O) groups excluding carboxylic acids is 1. The average molecular weight is 333 g/mol. The maximum absolute atomic E-state index is 13.4. The van der Waals surface area contributed by atoms with Crippen molar-refractivity contribution >= 4 is 27.5 Å². The van der Waals surface area contributed by atoms with Crippen molar-refractivity contribution < 1.29 is 9.18 Å². The molecule has 0 saturated heterocycles. The number of aryl methyl sites for hydroxylation is 1. The highest BCUT2D eigenvalue weighted by atomic mass is 79.9. The van der Waals surface area contributed by atoms with E-state index in [0.717, 1.165) is 5.56 Å². The maximum atomic E-state index is 13.4. The van der Waals surface area contributed by atoms with Gasteiger partial charge in [0.05, 0.1) is 21.3 Å². The highest BCUT2D eigenvalue weighted by Gasteiger charge is 2.15. The molecule has 20 heavy (non-hydrogen) atoms. The van der Waals surface area contributed by atoms with Crippen molar-refractivity contribution in [1.29, 1.82) is 5.26 Å². The van der Waals surface area contributed by atoms with Gasteiger partial charge in [0.25, 0.3) is 5.91 Å². The summed E-state index contributed by atoms with van der Waals surface area (Å²) in [6.45, 7) is 1.78. The molecule has 0 aliphatic heterocycles. The van der Waals surface area contributed by atoms with Crippen LogP contribution < -0.4 is 5.32 Å². The van der Waals surface area contributed by atoms with Gasteiger partial charge >= 0.3 is 0 Å². The molecule has 0 fully saturated rings. The SMILES string of the molecule is Cc1cccc(NC(=O)c2cccc(F)c2Br)c1C#N. The van der Waals surface area contributed by atoms with Crippen LogP contribution in [0.5, 0.6) is 0 Å². The molecule has 3 nitrogen and oxygen atoms in total. The zero-order chi connectivity index (χ0) is 14.7. The minimum Gasteiger partial charge on any atom is -0.321 e. The van der Waals surface area contributed by atoms with E-state index in [9.17, 15) is 9.18 Å². The van der Waals surface area contributed by atoms with Gasteiger partial charge in [-0.05, 0) is 46.6 Å². The molecule has 0 radical (unpaired) electrons. The molecule has 0 spiro atoms. The molecule has 2 aromatic rings. The predicted octanol–water partition coefficient (Wildman–Crippen LogP) is 4.02. The van der Waals surface area contributed by atoms with E-state index in [0.29, 0.717) is 11.3 Å². The number of rotatable bonds is 2. The first-order chi connectivity index (χ1) is 9.54. The summed E-state index contributed by atoms with van der Waals surface area (Å²) in [5, 5.41) is 11.7. The van der Waals surface area contributed by atoms with Gasteiger partial charge in [0.1, 0.15) is 11.9 Å². The zero-order valence-corrected chi connectivity index (χ0v) is 12.2. The Morgan fingerprint density at radius 1 is 1.30 bits per heavy atom. The molecule has 0 bridgehead atoms. The number of nitrogens with one attached hydrogen (secondary N) is 1. The highest BCUT2D eigenvalue weighted by molar-refractivity contribution is 9.10. The summed E-state index contributed by atoms with van der Waals surface area (Å²) < 4.78 is 13.5. The van der Waals surface area contributed by atoms with Crippen LogP contribution >= 0.6 is 15.9 Å². The van der Waals surface area contributed by atoms with E-state index in [1.807, 2.05) is 6.07 Å². The summed E-state index contributed by atoms with van der Waals surface area (Å²) in [6, 6.07) is 11.4. The van der Waals surface area contributed by atoms with Crippen LogP contribution in [0.1, 0.15) is 21.5 Å². The lowest BCUT2D eigenvalue weighted by atomic mass is 10.1. The lowest BCUT2D eigenvalue weighted by Crippen LogP contribution is -2.14. The number of carbonyl (C=O) groups is 1. The van der Waals surface area contributed by atoms with Crippen LogP contribution in [0.4, 0.5) is 10.1 Å². The molecule has 1 N–H and O–H groups in total. The monoisotopic (exact) mass is 332 g/mol. The van der Waals surface area contributed by atoms with Crippen molar-refractivity contribution in [3.63, 3.8) is 0 Å². The van der Waals surface area contributed by atoms with Gasteiger partial charge in [0, 0.05) is 0 Å². The molecule has 5 heteroatoms. The predicted molar refractivity (Wildman–Crippen MR) is 77.9 cm³/mol. The lowest BCUT2D eigenvalue weighted by molar-refractivity contribution is 0.102. The first-order valence-corrected chi connectivity index (χ1v) is 6.59. The minimum atomic E-state index is -0.512. The van der Waals surface area contributed by atoms with E-state index in [1.165, 1.54) is 18.2 Å².